The molecule has 2 aliphatic rings. The summed E-state index contributed by atoms with van der Waals surface area (Å²) in [7, 11) is 0. The number of thioether (sulfide) groups is 1. The maximum Gasteiger partial charge on any atom is 0.305 e. The summed E-state index contributed by atoms with van der Waals surface area (Å²) in [5.74, 6) is -1.23. The molecule has 0 aromatic heterocycles. The first-order valence-corrected chi connectivity index (χ1v) is 9.55. The standard InChI is InChI=1S/C18H22N2O5S/c1-11-17(23)19-14-10-12(2-3-15(14)26-11)18(24)20(7-4-16(21)22)13-5-8-25-9-6-13/h2-3,10-11,13H,4-9H2,1H3,(H,19,23)(H,21,22)/t11-/m1/s1. The van der Waals surface area contributed by atoms with Gasteiger partial charge in [0.25, 0.3) is 5.91 Å². The Bertz CT molecular complexity index is 718. The van der Waals surface area contributed by atoms with Crippen molar-refractivity contribution in [1.29, 1.82) is 0 Å². The average Bonchev–Trinajstić information content (AvgIpc) is 2.63. The molecule has 2 amide bonds. The van der Waals surface area contributed by atoms with Gasteiger partial charge in [-0.1, -0.05) is 0 Å². The number of nitrogens with zero attached hydrogens (tertiary/aromatic N) is 1. The summed E-state index contributed by atoms with van der Waals surface area (Å²) in [5.41, 5.74) is 1.09. The van der Waals surface area contributed by atoms with Gasteiger partial charge in [-0.05, 0) is 38.0 Å². The zero-order valence-corrected chi connectivity index (χ0v) is 15.4. The fraction of sp³-hybridized carbons (Fsp3) is 0.500. The summed E-state index contributed by atoms with van der Waals surface area (Å²) in [5, 5.41) is 11.7. The quantitative estimate of drug-likeness (QED) is 0.816. The molecule has 0 aliphatic carbocycles. The van der Waals surface area contributed by atoms with Gasteiger partial charge in [0, 0.05) is 36.3 Å². The summed E-state index contributed by atoms with van der Waals surface area (Å²) in [4.78, 5) is 38.5. The molecule has 3 rings (SSSR count). The van der Waals surface area contributed by atoms with Crippen molar-refractivity contribution in [3.8, 4) is 0 Å². The highest BCUT2D eigenvalue weighted by Gasteiger charge is 2.29. The molecular formula is C18H22N2O5S. The summed E-state index contributed by atoms with van der Waals surface area (Å²) in [6, 6.07) is 5.23. The minimum atomic E-state index is -0.932. The van der Waals surface area contributed by atoms with Gasteiger partial charge < -0.3 is 20.1 Å². The first kappa shape index (κ1) is 18.7. The number of ether oxygens (including phenoxy) is 1. The highest BCUT2D eigenvalue weighted by molar-refractivity contribution is 8.00. The Morgan fingerprint density at radius 3 is 2.77 bits per heavy atom. The van der Waals surface area contributed by atoms with Crippen molar-refractivity contribution in [1.82, 2.24) is 4.90 Å². The molecule has 0 saturated carbocycles. The van der Waals surface area contributed by atoms with E-state index in [0.717, 1.165) is 4.90 Å². The van der Waals surface area contributed by atoms with Crippen LogP contribution in [-0.2, 0) is 14.3 Å². The second-order valence-corrected chi connectivity index (χ2v) is 7.83. The molecule has 2 N–H and O–H groups in total. The van der Waals surface area contributed by atoms with E-state index in [0.29, 0.717) is 37.3 Å². The molecule has 0 spiro atoms. The van der Waals surface area contributed by atoms with Crippen LogP contribution in [-0.4, -0.2) is 58.8 Å². The van der Waals surface area contributed by atoms with E-state index in [1.54, 1.807) is 17.0 Å². The number of anilines is 1. The maximum atomic E-state index is 13.1. The Kier molecular flexibility index (Phi) is 5.83. The lowest BCUT2D eigenvalue weighted by Gasteiger charge is -2.34. The van der Waals surface area contributed by atoms with Crippen molar-refractivity contribution < 1.29 is 24.2 Å². The third kappa shape index (κ3) is 4.19. The van der Waals surface area contributed by atoms with E-state index in [4.69, 9.17) is 9.84 Å². The first-order valence-electron chi connectivity index (χ1n) is 8.68. The lowest BCUT2D eigenvalue weighted by molar-refractivity contribution is -0.137. The zero-order chi connectivity index (χ0) is 18.7. The SMILES string of the molecule is C[C@H]1Sc2ccc(C(=O)N(CCC(=O)O)C3CCOCC3)cc2NC1=O. The fourth-order valence-corrected chi connectivity index (χ4v) is 4.10. The van der Waals surface area contributed by atoms with Crippen molar-refractivity contribution in [2.45, 2.75) is 42.4 Å². The van der Waals surface area contributed by atoms with Crippen molar-refractivity contribution in [2.75, 3.05) is 25.1 Å². The molecule has 1 atom stereocenters. The van der Waals surface area contributed by atoms with Gasteiger partial charge >= 0.3 is 5.97 Å². The Balaban J connectivity index is 1.82. The molecule has 2 aliphatic heterocycles. The largest absolute Gasteiger partial charge is 0.481 e. The van der Waals surface area contributed by atoms with Crippen LogP contribution in [0.25, 0.3) is 0 Å². The summed E-state index contributed by atoms with van der Waals surface area (Å²) >= 11 is 1.46. The van der Waals surface area contributed by atoms with Crippen molar-refractivity contribution in [3.05, 3.63) is 23.8 Å². The van der Waals surface area contributed by atoms with Crippen LogP contribution in [0.4, 0.5) is 5.69 Å². The van der Waals surface area contributed by atoms with Gasteiger partial charge in [0.15, 0.2) is 0 Å². The molecule has 1 fully saturated rings. The topological polar surface area (TPSA) is 95.9 Å². The Labute approximate surface area is 156 Å². The number of rotatable bonds is 5. The van der Waals surface area contributed by atoms with Crippen LogP contribution in [0.1, 0.15) is 36.5 Å². The minimum Gasteiger partial charge on any atom is -0.481 e. The number of fused-ring (bicyclic) bond motifs is 1. The van der Waals surface area contributed by atoms with Crippen molar-refractivity contribution >= 4 is 35.2 Å². The van der Waals surface area contributed by atoms with Crippen LogP contribution in [0.15, 0.2) is 23.1 Å². The maximum absolute atomic E-state index is 13.1. The van der Waals surface area contributed by atoms with Crippen LogP contribution in [0, 0.1) is 0 Å². The van der Waals surface area contributed by atoms with E-state index in [2.05, 4.69) is 5.32 Å². The van der Waals surface area contributed by atoms with E-state index < -0.39 is 5.97 Å². The number of carbonyl (C=O) groups excluding carboxylic acids is 2. The molecule has 1 saturated heterocycles. The third-order valence-electron chi connectivity index (χ3n) is 4.62. The smallest absolute Gasteiger partial charge is 0.305 e. The molecule has 1 aromatic carbocycles. The number of carboxylic acids is 1. The van der Waals surface area contributed by atoms with Crippen LogP contribution in [0.3, 0.4) is 0 Å². The number of carboxylic acid groups (broad SMARTS) is 1. The van der Waals surface area contributed by atoms with E-state index in [1.807, 2.05) is 13.0 Å². The summed E-state index contributed by atoms with van der Waals surface area (Å²) < 4.78 is 5.35. The van der Waals surface area contributed by atoms with Gasteiger partial charge in [0.05, 0.1) is 17.4 Å². The minimum absolute atomic E-state index is 0.0318. The lowest BCUT2D eigenvalue weighted by atomic mass is 10.0. The number of aliphatic carboxylic acids is 1. The van der Waals surface area contributed by atoms with E-state index >= 15 is 0 Å². The molecule has 26 heavy (non-hydrogen) atoms. The monoisotopic (exact) mass is 378 g/mol. The molecular weight excluding hydrogens is 356 g/mol. The van der Waals surface area contributed by atoms with Crippen LogP contribution < -0.4 is 5.32 Å². The highest BCUT2D eigenvalue weighted by atomic mass is 32.2. The Morgan fingerprint density at radius 1 is 1.35 bits per heavy atom. The van der Waals surface area contributed by atoms with Gasteiger partial charge in [-0.2, -0.15) is 0 Å². The molecule has 1 aromatic rings. The molecule has 0 unspecified atom stereocenters. The predicted molar refractivity (Wildman–Crippen MR) is 97.5 cm³/mol. The summed E-state index contributed by atoms with van der Waals surface area (Å²) in [6.07, 6.45) is 1.29. The normalized spacial score (nSPS) is 20.2. The molecule has 0 radical (unpaired) electrons. The third-order valence-corrected chi connectivity index (χ3v) is 5.79. The Morgan fingerprint density at radius 2 is 2.08 bits per heavy atom. The number of nitrogens with one attached hydrogen (secondary N) is 1. The van der Waals surface area contributed by atoms with Gasteiger partial charge in [-0.25, -0.2) is 0 Å². The second kappa shape index (κ2) is 8.09. The number of amides is 2. The molecule has 0 bridgehead atoms. The second-order valence-electron chi connectivity index (χ2n) is 6.45. The van der Waals surface area contributed by atoms with E-state index in [9.17, 15) is 14.4 Å². The Hall–Kier alpha value is -2.06. The van der Waals surface area contributed by atoms with Crippen LogP contribution >= 0.6 is 11.8 Å². The van der Waals surface area contributed by atoms with Gasteiger partial charge in [0.2, 0.25) is 5.91 Å². The average molecular weight is 378 g/mol. The molecule has 140 valence electrons. The highest BCUT2D eigenvalue weighted by Crippen LogP contribution is 2.36. The van der Waals surface area contributed by atoms with Gasteiger partial charge in [-0.3, -0.25) is 14.4 Å². The first-order chi connectivity index (χ1) is 12.5. The van der Waals surface area contributed by atoms with Gasteiger partial charge in [0.1, 0.15) is 0 Å². The fourth-order valence-electron chi connectivity index (χ4n) is 3.17. The molecule has 7 nitrogen and oxygen atoms in total. The van der Waals surface area contributed by atoms with Crippen LogP contribution in [0.2, 0.25) is 0 Å². The lowest BCUT2D eigenvalue weighted by Crippen LogP contribution is -2.44. The molecule has 8 heteroatoms. The van der Waals surface area contributed by atoms with Crippen molar-refractivity contribution in [3.63, 3.8) is 0 Å². The number of hydrogen-bond acceptors (Lipinski definition) is 5. The predicted octanol–water partition coefficient (Wildman–Crippen LogP) is 2.22. The van der Waals surface area contributed by atoms with E-state index in [1.165, 1.54) is 11.8 Å². The van der Waals surface area contributed by atoms with E-state index in [-0.39, 0.29) is 36.1 Å². The zero-order valence-electron chi connectivity index (χ0n) is 14.6. The summed E-state index contributed by atoms with van der Waals surface area (Å²) in [6.45, 7) is 3.13. The van der Waals surface area contributed by atoms with Gasteiger partial charge in [-0.15, -0.1) is 11.8 Å². The number of carbonyl (C=O) groups is 3. The molecule has 2 heterocycles. The van der Waals surface area contributed by atoms with Crippen molar-refractivity contribution in [2.24, 2.45) is 0 Å². The number of hydrogen-bond donors (Lipinski definition) is 2. The van der Waals surface area contributed by atoms with Crippen LogP contribution in [0.5, 0.6) is 0 Å². The number of benzene rings is 1.